The molecule has 2 nitrogen and oxygen atoms in total. The van der Waals surface area contributed by atoms with E-state index >= 15 is 0 Å². The smallest absolute Gasteiger partial charge is 0.0940 e. The van der Waals surface area contributed by atoms with E-state index in [0.717, 1.165) is 31.6 Å². The van der Waals surface area contributed by atoms with Crippen LogP contribution in [0.5, 0.6) is 0 Å². The average molecular weight is 283 g/mol. The summed E-state index contributed by atoms with van der Waals surface area (Å²) in [5.74, 6) is 0.721. The van der Waals surface area contributed by atoms with Crippen molar-refractivity contribution in [3.05, 3.63) is 35.4 Å². The molecule has 21 heavy (non-hydrogen) atoms. The van der Waals surface area contributed by atoms with Crippen molar-refractivity contribution in [3.63, 3.8) is 0 Å². The van der Waals surface area contributed by atoms with Gasteiger partial charge in [0, 0.05) is 0 Å². The zero-order chi connectivity index (χ0) is 14.9. The van der Waals surface area contributed by atoms with E-state index in [2.05, 4.69) is 25.1 Å². The number of hydrogen-bond donors (Lipinski definition) is 1. The van der Waals surface area contributed by atoms with Crippen molar-refractivity contribution >= 4 is 0 Å². The van der Waals surface area contributed by atoms with Crippen molar-refractivity contribution in [2.45, 2.75) is 63.9 Å². The van der Waals surface area contributed by atoms with Crippen LogP contribution in [0.2, 0.25) is 0 Å². The highest BCUT2D eigenvalue weighted by Gasteiger charge is 2.53. The van der Waals surface area contributed by atoms with Gasteiger partial charge in [-0.15, -0.1) is 0 Å². The number of nitrogens with zero attached hydrogens (tertiary/aromatic N) is 1. The molecule has 2 heteroatoms. The summed E-state index contributed by atoms with van der Waals surface area (Å²) >= 11 is 0. The fraction of sp³-hybridized carbons (Fsp3) is 0.632. The van der Waals surface area contributed by atoms with Crippen LogP contribution in [-0.2, 0) is 12.8 Å². The van der Waals surface area contributed by atoms with E-state index in [9.17, 15) is 10.4 Å². The van der Waals surface area contributed by atoms with E-state index < -0.39 is 11.0 Å². The van der Waals surface area contributed by atoms with Crippen molar-refractivity contribution in [3.8, 4) is 6.07 Å². The van der Waals surface area contributed by atoms with E-state index in [1.807, 2.05) is 12.1 Å². The van der Waals surface area contributed by atoms with Gasteiger partial charge >= 0.3 is 0 Å². The van der Waals surface area contributed by atoms with Gasteiger partial charge in [-0.2, -0.15) is 5.26 Å². The Hall–Kier alpha value is -1.33. The molecule has 2 unspecified atom stereocenters. The van der Waals surface area contributed by atoms with Crippen LogP contribution in [0.1, 0.15) is 56.6 Å². The third-order valence-electron chi connectivity index (χ3n) is 5.95. The first kappa shape index (κ1) is 14.6. The molecule has 1 fully saturated rings. The molecule has 0 aromatic heterocycles. The van der Waals surface area contributed by atoms with Crippen LogP contribution in [0, 0.1) is 22.7 Å². The van der Waals surface area contributed by atoms with Crippen LogP contribution < -0.4 is 0 Å². The Bertz CT molecular complexity index is 534. The third-order valence-corrected chi connectivity index (χ3v) is 5.95. The second kappa shape index (κ2) is 5.46. The number of benzene rings is 1. The first-order chi connectivity index (χ1) is 10.1. The van der Waals surface area contributed by atoms with Crippen LogP contribution in [0.25, 0.3) is 0 Å². The molecule has 2 aliphatic rings. The maximum Gasteiger partial charge on any atom is 0.0940 e. The third kappa shape index (κ3) is 2.38. The molecule has 1 N–H and O–H groups in total. The van der Waals surface area contributed by atoms with Crippen molar-refractivity contribution in [1.82, 2.24) is 0 Å². The fourth-order valence-corrected chi connectivity index (χ4v) is 4.41. The fourth-order valence-electron chi connectivity index (χ4n) is 4.41. The summed E-state index contributed by atoms with van der Waals surface area (Å²) in [5, 5.41) is 21.3. The SMILES string of the molecule is CCC1CCCC(O)(C2(C#N)Cc3ccccc3C2)CC1. The maximum absolute atomic E-state index is 11.4. The molecule has 1 aromatic carbocycles. The lowest BCUT2D eigenvalue weighted by molar-refractivity contribution is -0.0641. The molecule has 0 amide bonds. The second-order valence-corrected chi connectivity index (χ2v) is 7.05. The van der Waals surface area contributed by atoms with E-state index in [-0.39, 0.29) is 0 Å². The highest BCUT2D eigenvalue weighted by atomic mass is 16.3. The van der Waals surface area contributed by atoms with Crippen molar-refractivity contribution in [2.75, 3.05) is 0 Å². The minimum Gasteiger partial charge on any atom is -0.388 e. The van der Waals surface area contributed by atoms with Gasteiger partial charge in [0.25, 0.3) is 0 Å². The predicted molar refractivity (Wildman–Crippen MR) is 83.7 cm³/mol. The van der Waals surface area contributed by atoms with Gasteiger partial charge in [0.15, 0.2) is 0 Å². The minimum absolute atomic E-state index is 0.612. The number of aliphatic hydroxyl groups is 1. The molecule has 1 aromatic rings. The average Bonchev–Trinajstić information content (AvgIpc) is 2.80. The Morgan fingerprint density at radius 2 is 1.86 bits per heavy atom. The standard InChI is InChI=1S/C19H25NO/c1-2-15-6-5-10-19(21,11-9-15)18(14-20)12-16-7-3-4-8-17(16)13-18/h3-4,7-8,15,21H,2,5-6,9-13H2,1H3. The minimum atomic E-state index is -0.815. The van der Waals surface area contributed by atoms with Gasteiger partial charge < -0.3 is 5.11 Å². The van der Waals surface area contributed by atoms with Gasteiger partial charge in [-0.3, -0.25) is 0 Å². The number of fused-ring (bicyclic) bond motifs is 1. The zero-order valence-electron chi connectivity index (χ0n) is 12.9. The van der Waals surface area contributed by atoms with Crippen molar-refractivity contribution in [1.29, 1.82) is 5.26 Å². The van der Waals surface area contributed by atoms with Crippen LogP contribution in [0.4, 0.5) is 0 Å². The first-order valence-electron chi connectivity index (χ1n) is 8.33. The first-order valence-corrected chi connectivity index (χ1v) is 8.33. The lowest BCUT2D eigenvalue weighted by Crippen LogP contribution is -2.48. The van der Waals surface area contributed by atoms with E-state index in [1.54, 1.807) is 0 Å². The Morgan fingerprint density at radius 3 is 2.43 bits per heavy atom. The van der Waals surface area contributed by atoms with Crippen LogP contribution >= 0.6 is 0 Å². The van der Waals surface area contributed by atoms with Crippen LogP contribution in [0.3, 0.4) is 0 Å². The van der Waals surface area contributed by atoms with Crippen LogP contribution in [-0.4, -0.2) is 10.7 Å². The highest BCUT2D eigenvalue weighted by Crippen LogP contribution is 2.50. The summed E-state index contributed by atoms with van der Waals surface area (Å²) in [4.78, 5) is 0. The largest absolute Gasteiger partial charge is 0.388 e. The van der Waals surface area contributed by atoms with Crippen molar-refractivity contribution in [2.24, 2.45) is 11.3 Å². The molecule has 112 valence electrons. The number of rotatable bonds is 2. The topological polar surface area (TPSA) is 44.0 Å². The molecule has 2 atom stereocenters. The number of hydrogen-bond acceptors (Lipinski definition) is 2. The van der Waals surface area contributed by atoms with Gasteiger partial charge in [0.05, 0.1) is 17.1 Å². The van der Waals surface area contributed by atoms with Gasteiger partial charge in [-0.25, -0.2) is 0 Å². The molecule has 0 radical (unpaired) electrons. The molecular weight excluding hydrogens is 258 g/mol. The van der Waals surface area contributed by atoms with E-state index in [1.165, 1.54) is 24.0 Å². The molecule has 0 spiro atoms. The molecule has 2 aliphatic carbocycles. The molecule has 1 saturated carbocycles. The van der Waals surface area contributed by atoms with E-state index in [4.69, 9.17) is 0 Å². The Balaban J connectivity index is 1.89. The zero-order valence-corrected chi connectivity index (χ0v) is 12.9. The van der Waals surface area contributed by atoms with Gasteiger partial charge in [0.2, 0.25) is 0 Å². The normalized spacial score (nSPS) is 31.2. The molecular formula is C19H25NO. The quantitative estimate of drug-likeness (QED) is 0.833. The Morgan fingerprint density at radius 1 is 1.19 bits per heavy atom. The second-order valence-electron chi connectivity index (χ2n) is 7.05. The van der Waals surface area contributed by atoms with Gasteiger partial charge in [-0.1, -0.05) is 50.5 Å². The van der Waals surface area contributed by atoms with Crippen LogP contribution in [0.15, 0.2) is 24.3 Å². The van der Waals surface area contributed by atoms with Gasteiger partial charge in [0.1, 0.15) is 0 Å². The lowest BCUT2D eigenvalue weighted by Gasteiger charge is -2.40. The maximum atomic E-state index is 11.4. The summed E-state index contributed by atoms with van der Waals surface area (Å²) in [7, 11) is 0. The Kier molecular flexibility index (Phi) is 3.80. The van der Waals surface area contributed by atoms with Crippen molar-refractivity contribution < 1.29 is 5.11 Å². The lowest BCUT2D eigenvalue weighted by atomic mass is 9.67. The molecule has 3 rings (SSSR count). The highest BCUT2D eigenvalue weighted by molar-refractivity contribution is 5.39. The summed E-state index contributed by atoms with van der Waals surface area (Å²) < 4.78 is 0. The van der Waals surface area contributed by atoms with Gasteiger partial charge in [-0.05, 0) is 49.1 Å². The monoisotopic (exact) mass is 283 g/mol. The summed E-state index contributed by atoms with van der Waals surface area (Å²) in [6.45, 7) is 2.24. The van der Waals surface area contributed by atoms with E-state index in [0.29, 0.717) is 12.8 Å². The predicted octanol–water partition coefficient (Wildman–Crippen LogP) is 4.02. The molecule has 0 saturated heterocycles. The molecule has 0 aliphatic heterocycles. The molecule has 0 bridgehead atoms. The summed E-state index contributed by atoms with van der Waals surface area (Å²) in [6, 6.07) is 10.9. The summed E-state index contributed by atoms with van der Waals surface area (Å²) in [6.07, 6.45) is 7.50. The summed E-state index contributed by atoms with van der Waals surface area (Å²) in [5.41, 5.74) is 1.08. The molecule has 0 heterocycles. The number of nitriles is 1. The Labute approximate surface area is 127 Å².